The molecule has 0 bridgehead atoms. The van der Waals surface area contributed by atoms with Crippen molar-refractivity contribution in [1.29, 1.82) is 0 Å². The van der Waals surface area contributed by atoms with Gasteiger partial charge in [-0.1, -0.05) is 31.2 Å². The molecule has 3 nitrogen and oxygen atoms in total. The normalized spacial score (nSPS) is 11.3. The predicted molar refractivity (Wildman–Crippen MR) is 61.8 cm³/mol. The molecule has 1 amide bonds. The van der Waals surface area contributed by atoms with Crippen LogP contribution in [0.3, 0.4) is 0 Å². The van der Waals surface area contributed by atoms with Crippen LogP contribution in [0.1, 0.15) is 31.9 Å². The number of nitrogens with one attached hydrogen (secondary N) is 1. The maximum absolute atomic E-state index is 10.7. The molecule has 1 aromatic rings. The van der Waals surface area contributed by atoms with Gasteiger partial charge in [-0.15, -0.1) is 0 Å². The molecule has 0 aromatic heterocycles. The summed E-state index contributed by atoms with van der Waals surface area (Å²) >= 11 is 0. The molecular formula is C12H16N2O. The van der Waals surface area contributed by atoms with Gasteiger partial charge in [0.15, 0.2) is 0 Å². The van der Waals surface area contributed by atoms with Crippen molar-refractivity contribution in [2.24, 2.45) is 5.10 Å². The highest BCUT2D eigenvalue weighted by molar-refractivity contribution is 5.99. The number of hydrogen-bond donors (Lipinski definition) is 1. The van der Waals surface area contributed by atoms with Crippen LogP contribution in [0.25, 0.3) is 0 Å². The molecule has 80 valence electrons. The molecule has 0 unspecified atom stereocenters. The van der Waals surface area contributed by atoms with Gasteiger partial charge in [0.25, 0.3) is 0 Å². The van der Waals surface area contributed by atoms with Crippen molar-refractivity contribution in [3.8, 4) is 0 Å². The highest BCUT2D eigenvalue weighted by Crippen LogP contribution is 2.05. The molecule has 15 heavy (non-hydrogen) atoms. The minimum Gasteiger partial charge on any atom is -0.274 e. The predicted octanol–water partition coefficient (Wildman–Crippen LogP) is 2.11. The topological polar surface area (TPSA) is 41.5 Å². The van der Waals surface area contributed by atoms with Crippen molar-refractivity contribution in [2.45, 2.75) is 27.2 Å². The van der Waals surface area contributed by atoms with Crippen molar-refractivity contribution < 1.29 is 4.79 Å². The molecule has 0 aliphatic carbocycles. The SMILES string of the molecule is CCc1ccc(/C(C)=N\NC(C)=O)cc1. The summed E-state index contributed by atoms with van der Waals surface area (Å²) in [7, 11) is 0. The molecule has 0 saturated carbocycles. The zero-order valence-electron chi connectivity index (χ0n) is 9.37. The Morgan fingerprint density at radius 3 is 2.33 bits per heavy atom. The molecular weight excluding hydrogens is 188 g/mol. The van der Waals surface area contributed by atoms with Crippen LogP contribution in [0.4, 0.5) is 0 Å². The number of nitrogens with zero attached hydrogens (tertiary/aromatic N) is 1. The van der Waals surface area contributed by atoms with E-state index in [9.17, 15) is 4.79 Å². The summed E-state index contributed by atoms with van der Waals surface area (Å²) < 4.78 is 0. The molecule has 1 rings (SSSR count). The first-order valence-corrected chi connectivity index (χ1v) is 5.03. The Hall–Kier alpha value is -1.64. The molecule has 0 aliphatic heterocycles. The Bertz CT molecular complexity index is 366. The largest absolute Gasteiger partial charge is 0.274 e. The average molecular weight is 204 g/mol. The Kier molecular flexibility index (Phi) is 4.03. The second-order valence-electron chi connectivity index (χ2n) is 3.42. The van der Waals surface area contributed by atoms with E-state index in [2.05, 4.69) is 29.6 Å². The second kappa shape index (κ2) is 5.29. The number of carbonyl (C=O) groups is 1. The lowest BCUT2D eigenvalue weighted by Gasteiger charge is -2.02. The summed E-state index contributed by atoms with van der Waals surface area (Å²) in [5.41, 5.74) is 5.56. The number of benzene rings is 1. The fourth-order valence-electron chi connectivity index (χ4n) is 1.21. The number of hydrazone groups is 1. The minimum absolute atomic E-state index is 0.153. The van der Waals surface area contributed by atoms with E-state index >= 15 is 0 Å². The van der Waals surface area contributed by atoms with E-state index in [1.54, 1.807) is 0 Å². The van der Waals surface area contributed by atoms with Gasteiger partial charge in [-0.3, -0.25) is 4.79 Å². The van der Waals surface area contributed by atoms with Crippen molar-refractivity contribution >= 4 is 11.6 Å². The summed E-state index contributed by atoms with van der Waals surface area (Å²) in [6.07, 6.45) is 1.03. The second-order valence-corrected chi connectivity index (χ2v) is 3.42. The minimum atomic E-state index is -0.153. The molecule has 0 atom stereocenters. The van der Waals surface area contributed by atoms with Crippen molar-refractivity contribution in [1.82, 2.24) is 5.43 Å². The van der Waals surface area contributed by atoms with E-state index in [0.717, 1.165) is 17.7 Å². The quantitative estimate of drug-likeness (QED) is 0.594. The summed E-state index contributed by atoms with van der Waals surface area (Å²) in [6, 6.07) is 8.17. The van der Waals surface area contributed by atoms with E-state index in [4.69, 9.17) is 0 Å². The fourth-order valence-corrected chi connectivity index (χ4v) is 1.21. The number of rotatable bonds is 3. The van der Waals surface area contributed by atoms with E-state index < -0.39 is 0 Å². The Morgan fingerprint density at radius 1 is 1.27 bits per heavy atom. The standard InChI is InChI=1S/C12H16N2O/c1-4-11-5-7-12(8-6-11)9(2)13-14-10(3)15/h5-8H,4H2,1-3H3,(H,14,15)/b13-9-. The van der Waals surface area contributed by atoms with Crippen LogP contribution >= 0.6 is 0 Å². The molecule has 0 radical (unpaired) electrons. The van der Waals surface area contributed by atoms with Crippen LogP contribution < -0.4 is 5.43 Å². The Labute approximate surface area is 90.2 Å². The van der Waals surface area contributed by atoms with Crippen molar-refractivity contribution in [3.05, 3.63) is 35.4 Å². The van der Waals surface area contributed by atoms with Gasteiger partial charge in [-0.2, -0.15) is 5.10 Å². The van der Waals surface area contributed by atoms with Gasteiger partial charge >= 0.3 is 0 Å². The zero-order chi connectivity index (χ0) is 11.3. The van der Waals surface area contributed by atoms with Crippen LogP contribution in [0.15, 0.2) is 29.4 Å². The summed E-state index contributed by atoms with van der Waals surface area (Å²) in [5.74, 6) is -0.153. The van der Waals surface area contributed by atoms with E-state index in [-0.39, 0.29) is 5.91 Å². The smallest absolute Gasteiger partial charge is 0.236 e. The lowest BCUT2D eigenvalue weighted by atomic mass is 10.1. The number of carbonyl (C=O) groups excluding carboxylic acids is 1. The molecule has 1 aromatic carbocycles. The molecule has 3 heteroatoms. The van der Waals surface area contributed by atoms with Gasteiger partial charge in [0.1, 0.15) is 0 Å². The number of hydrogen-bond acceptors (Lipinski definition) is 2. The summed E-state index contributed by atoms with van der Waals surface area (Å²) in [5, 5.41) is 3.97. The number of amides is 1. The van der Waals surface area contributed by atoms with Gasteiger partial charge in [0.05, 0.1) is 5.71 Å². The van der Waals surface area contributed by atoms with Crippen LogP contribution in [0.2, 0.25) is 0 Å². The molecule has 0 fully saturated rings. The summed E-state index contributed by atoms with van der Waals surface area (Å²) in [4.78, 5) is 10.7. The first-order valence-electron chi connectivity index (χ1n) is 5.03. The van der Waals surface area contributed by atoms with Crippen LogP contribution in [-0.4, -0.2) is 11.6 Å². The van der Waals surface area contributed by atoms with E-state index in [1.165, 1.54) is 12.5 Å². The molecule has 0 aliphatic rings. The average Bonchev–Trinajstić information content (AvgIpc) is 2.26. The Morgan fingerprint density at radius 2 is 1.87 bits per heavy atom. The van der Waals surface area contributed by atoms with Gasteiger partial charge in [-0.05, 0) is 24.5 Å². The molecule has 0 spiro atoms. The maximum atomic E-state index is 10.7. The van der Waals surface area contributed by atoms with Crippen LogP contribution in [-0.2, 0) is 11.2 Å². The van der Waals surface area contributed by atoms with Gasteiger partial charge in [-0.25, -0.2) is 5.43 Å². The lowest BCUT2D eigenvalue weighted by Crippen LogP contribution is -2.14. The highest BCUT2D eigenvalue weighted by atomic mass is 16.2. The van der Waals surface area contributed by atoms with Gasteiger partial charge < -0.3 is 0 Å². The van der Waals surface area contributed by atoms with Crippen LogP contribution in [0, 0.1) is 0 Å². The first kappa shape index (κ1) is 11.4. The first-order chi connectivity index (χ1) is 7.13. The fraction of sp³-hybridized carbons (Fsp3) is 0.333. The number of aryl methyl sites for hydroxylation is 1. The third-order valence-corrected chi connectivity index (χ3v) is 2.16. The molecule has 0 heterocycles. The third kappa shape index (κ3) is 3.54. The van der Waals surface area contributed by atoms with E-state index in [1.807, 2.05) is 19.1 Å². The van der Waals surface area contributed by atoms with E-state index in [0.29, 0.717) is 0 Å². The third-order valence-electron chi connectivity index (χ3n) is 2.16. The lowest BCUT2D eigenvalue weighted by molar-refractivity contribution is -0.118. The Balaban J connectivity index is 2.77. The van der Waals surface area contributed by atoms with Crippen molar-refractivity contribution in [3.63, 3.8) is 0 Å². The van der Waals surface area contributed by atoms with Crippen LogP contribution in [0.5, 0.6) is 0 Å². The summed E-state index contributed by atoms with van der Waals surface area (Å²) in [6.45, 7) is 5.43. The van der Waals surface area contributed by atoms with Crippen molar-refractivity contribution in [2.75, 3.05) is 0 Å². The maximum Gasteiger partial charge on any atom is 0.236 e. The zero-order valence-corrected chi connectivity index (χ0v) is 9.37. The highest BCUT2D eigenvalue weighted by Gasteiger charge is 1.97. The van der Waals surface area contributed by atoms with Gasteiger partial charge in [0, 0.05) is 6.92 Å². The monoisotopic (exact) mass is 204 g/mol. The molecule has 0 saturated heterocycles. The molecule has 1 N–H and O–H groups in total. The van der Waals surface area contributed by atoms with Gasteiger partial charge in [0.2, 0.25) is 5.91 Å².